The quantitative estimate of drug-likeness (QED) is 0.337. The average molecular weight is 144 g/mol. The summed E-state index contributed by atoms with van der Waals surface area (Å²) in [5.41, 5.74) is 0. The van der Waals surface area contributed by atoms with Crippen LogP contribution < -0.4 is 9.59 Å². The molecule has 0 saturated heterocycles. The minimum atomic E-state index is -3.63. The zero-order chi connectivity index (χ0) is 3.58. The SMILES string of the molecule is O=[Si]([O-])[O-].[Ca+2].[H-].[H-].[H-].[H-].[Mg+2]. The summed E-state index contributed by atoms with van der Waals surface area (Å²) in [6, 6.07) is 0. The first-order chi connectivity index (χ1) is 1.73. The Morgan fingerprint density at radius 2 is 1.50 bits per heavy atom. The van der Waals surface area contributed by atoms with Crippen LogP contribution in [0.1, 0.15) is 5.71 Å². The second-order valence-corrected chi connectivity index (χ2v) is 0.750. The van der Waals surface area contributed by atoms with Crippen LogP contribution in [-0.4, -0.2) is 70.0 Å². The molecular formula is H4CaMgO3Si-2. The molecule has 32 valence electrons. The van der Waals surface area contributed by atoms with Crippen LogP contribution in [-0.2, 0) is 4.46 Å². The molecule has 0 aromatic rings. The van der Waals surface area contributed by atoms with Crippen molar-refractivity contribution in [2.75, 3.05) is 0 Å². The predicted molar refractivity (Wildman–Crippen MR) is 22.4 cm³/mol. The molecule has 0 bridgehead atoms. The van der Waals surface area contributed by atoms with E-state index in [9.17, 15) is 0 Å². The van der Waals surface area contributed by atoms with E-state index < -0.39 is 9.17 Å². The van der Waals surface area contributed by atoms with Crippen LogP contribution in [0.25, 0.3) is 0 Å². The van der Waals surface area contributed by atoms with Gasteiger partial charge in [-0.05, 0) is 0 Å². The van der Waals surface area contributed by atoms with Gasteiger partial charge in [-0.15, -0.1) is 0 Å². The van der Waals surface area contributed by atoms with E-state index in [-0.39, 0.29) is 66.5 Å². The third kappa shape index (κ3) is 45.1. The Kier molecular flexibility index (Phi) is 25.6. The summed E-state index contributed by atoms with van der Waals surface area (Å²) in [6.45, 7) is 0. The van der Waals surface area contributed by atoms with E-state index in [1.165, 1.54) is 0 Å². The topological polar surface area (TPSA) is 63.2 Å². The van der Waals surface area contributed by atoms with Gasteiger partial charge in [0.05, 0.1) is 0 Å². The van der Waals surface area contributed by atoms with E-state index >= 15 is 0 Å². The zero-order valence-corrected chi connectivity index (χ0v) is 7.76. The van der Waals surface area contributed by atoms with Crippen molar-refractivity contribution in [3.05, 3.63) is 0 Å². The van der Waals surface area contributed by atoms with E-state index in [0.29, 0.717) is 0 Å². The molecule has 0 atom stereocenters. The molecule has 0 saturated carbocycles. The monoisotopic (exact) mass is 144 g/mol. The van der Waals surface area contributed by atoms with Crippen molar-refractivity contribution in [2.45, 2.75) is 0 Å². The van der Waals surface area contributed by atoms with Gasteiger partial charge >= 0.3 is 60.8 Å². The Labute approximate surface area is 88.7 Å². The van der Waals surface area contributed by atoms with Gasteiger partial charge in [0.1, 0.15) is 0 Å². The third-order valence-electron chi connectivity index (χ3n) is 0. The van der Waals surface area contributed by atoms with E-state index in [0.717, 1.165) is 0 Å². The van der Waals surface area contributed by atoms with Crippen LogP contribution in [0.4, 0.5) is 0 Å². The average Bonchev–Trinajstić information content (AvgIpc) is 0.811. The molecule has 0 fully saturated rings. The van der Waals surface area contributed by atoms with Crippen molar-refractivity contribution >= 4 is 70.0 Å². The standard InChI is InChI=1S/Ca.Mg.O3Si.4H/c;;1-4(2)3;;;;/q2*+2;-2;4*-1. The van der Waals surface area contributed by atoms with Crippen LogP contribution in [0.15, 0.2) is 0 Å². The fourth-order valence-electron chi connectivity index (χ4n) is 0. The zero-order valence-electron chi connectivity index (χ0n) is 7.14. The predicted octanol–water partition coefficient (Wildman–Crippen LogP) is -3.19. The van der Waals surface area contributed by atoms with Gasteiger partial charge in [0, 0.05) is 9.17 Å². The van der Waals surface area contributed by atoms with Crippen molar-refractivity contribution in [3.8, 4) is 0 Å². The molecule has 0 aromatic heterocycles. The molecule has 0 radical (unpaired) electrons. The number of rotatable bonds is 0. The molecule has 6 heteroatoms. The van der Waals surface area contributed by atoms with E-state index in [1.807, 2.05) is 0 Å². The van der Waals surface area contributed by atoms with Crippen molar-refractivity contribution in [1.82, 2.24) is 0 Å². The van der Waals surface area contributed by atoms with Crippen molar-refractivity contribution in [1.29, 1.82) is 0 Å². The van der Waals surface area contributed by atoms with Gasteiger partial charge in [-0.25, -0.2) is 0 Å². The molecule has 0 aliphatic rings. The van der Waals surface area contributed by atoms with Crippen molar-refractivity contribution < 1.29 is 19.8 Å². The molecule has 0 aromatic carbocycles. The second kappa shape index (κ2) is 9.81. The smallest absolute Gasteiger partial charge is 1.00 e. The number of hydrogen-bond acceptors (Lipinski definition) is 3. The van der Waals surface area contributed by atoms with Crippen LogP contribution >= 0.6 is 0 Å². The first-order valence-electron chi connectivity index (χ1n) is 0.612. The van der Waals surface area contributed by atoms with Crippen LogP contribution in [0.2, 0.25) is 0 Å². The van der Waals surface area contributed by atoms with Gasteiger partial charge in [0.2, 0.25) is 0 Å². The number of hydrogen-bond donors (Lipinski definition) is 0. The maximum atomic E-state index is 8.52. The van der Waals surface area contributed by atoms with Crippen LogP contribution in [0.5, 0.6) is 0 Å². The summed E-state index contributed by atoms with van der Waals surface area (Å²) >= 11 is 0. The summed E-state index contributed by atoms with van der Waals surface area (Å²) in [7, 11) is -3.63. The van der Waals surface area contributed by atoms with Gasteiger partial charge in [0.25, 0.3) is 0 Å². The summed E-state index contributed by atoms with van der Waals surface area (Å²) in [6.07, 6.45) is 0. The fraction of sp³-hybridized carbons (Fsp3) is 0. The minimum Gasteiger partial charge on any atom is -1.00 e. The molecule has 0 rings (SSSR count). The van der Waals surface area contributed by atoms with Crippen molar-refractivity contribution in [3.63, 3.8) is 0 Å². The molecular weight excluding hydrogens is 140 g/mol. The summed E-state index contributed by atoms with van der Waals surface area (Å²) in [4.78, 5) is 17.0. The van der Waals surface area contributed by atoms with Gasteiger partial charge in [-0.3, -0.25) is 0 Å². The molecule has 0 aliphatic carbocycles. The Morgan fingerprint density at radius 3 is 1.50 bits per heavy atom. The Balaban J connectivity index is -0.00000000300. The van der Waals surface area contributed by atoms with Gasteiger partial charge < -0.3 is 19.8 Å². The second-order valence-electron chi connectivity index (χ2n) is 0.250. The molecule has 0 spiro atoms. The Bertz CT molecular complexity index is 43.5. The summed E-state index contributed by atoms with van der Waals surface area (Å²) in [5.74, 6) is 0. The molecule has 0 N–H and O–H groups in total. The molecule has 0 heterocycles. The molecule has 0 amide bonds. The van der Waals surface area contributed by atoms with Crippen LogP contribution in [0, 0.1) is 0 Å². The molecule has 0 aliphatic heterocycles. The minimum absolute atomic E-state index is 0. The van der Waals surface area contributed by atoms with Crippen LogP contribution in [0.3, 0.4) is 0 Å². The Hall–Kier alpha value is 1.64. The van der Waals surface area contributed by atoms with E-state index in [1.54, 1.807) is 0 Å². The van der Waals surface area contributed by atoms with E-state index in [4.69, 9.17) is 14.1 Å². The van der Waals surface area contributed by atoms with Crippen molar-refractivity contribution in [2.24, 2.45) is 0 Å². The Morgan fingerprint density at radius 1 is 1.50 bits per heavy atom. The first kappa shape index (κ1) is 15.6. The summed E-state index contributed by atoms with van der Waals surface area (Å²) in [5, 5.41) is 0. The normalized spacial score (nSPS) is 4.00. The first-order valence-corrected chi connectivity index (χ1v) is 1.84. The molecule has 6 heavy (non-hydrogen) atoms. The maximum Gasteiger partial charge on any atom is 2.00 e. The largest absolute Gasteiger partial charge is 2.00 e. The van der Waals surface area contributed by atoms with Gasteiger partial charge in [0.15, 0.2) is 0 Å². The molecule has 0 unspecified atom stereocenters. The summed E-state index contributed by atoms with van der Waals surface area (Å²) < 4.78 is 8.52. The van der Waals surface area contributed by atoms with E-state index in [2.05, 4.69) is 0 Å². The maximum absolute atomic E-state index is 8.52. The third-order valence-corrected chi connectivity index (χ3v) is 0. The van der Waals surface area contributed by atoms with Gasteiger partial charge in [-0.2, -0.15) is 0 Å². The van der Waals surface area contributed by atoms with Gasteiger partial charge in [-0.1, -0.05) is 0 Å². The molecule has 3 nitrogen and oxygen atoms in total. The fourth-order valence-corrected chi connectivity index (χ4v) is 0.